The Kier molecular flexibility index (Phi) is 8.72. The second-order valence-corrected chi connectivity index (χ2v) is 8.62. The number of nitrogens with one attached hydrogen (secondary N) is 1. The Bertz CT molecular complexity index is 742. The minimum atomic E-state index is 0.223. The van der Waals surface area contributed by atoms with Crippen molar-refractivity contribution in [2.45, 2.75) is 34.1 Å². The Morgan fingerprint density at radius 2 is 1.65 bits per heavy atom. The summed E-state index contributed by atoms with van der Waals surface area (Å²) in [5.41, 5.74) is 5.45. The Morgan fingerprint density at radius 3 is 2.26 bits per heavy atom. The number of nitrogens with zero attached hydrogens (tertiary/aromatic N) is 4. The van der Waals surface area contributed by atoms with Gasteiger partial charge in [-0.25, -0.2) is 0 Å². The number of rotatable bonds is 6. The van der Waals surface area contributed by atoms with E-state index in [9.17, 15) is 4.79 Å². The molecule has 0 atom stereocenters. The molecular weight excluding hydrogens is 390 g/mol. The van der Waals surface area contributed by atoms with Crippen molar-refractivity contribution in [2.24, 2.45) is 4.99 Å². The number of hydrogen-bond donors (Lipinski definition) is 1. The molecule has 2 fully saturated rings. The van der Waals surface area contributed by atoms with E-state index in [-0.39, 0.29) is 5.91 Å². The lowest BCUT2D eigenvalue weighted by molar-refractivity contribution is -0.136. The smallest absolute Gasteiger partial charge is 0.236 e. The van der Waals surface area contributed by atoms with Crippen LogP contribution in [0.3, 0.4) is 0 Å². The number of hydrogen-bond acceptors (Lipinski definition) is 4. The zero-order valence-electron chi connectivity index (χ0n) is 19.7. The number of carbonyl (C=O) groups excluding carboxylic acids is 1. The highest BCUT2D eigenvalue weighted by molar-refractivity contribution is 5.80. The van der Waals surface area contributed by atoms with E-state index in [0.29, 0.717) is 19.8 Å². The van der Waals surface area contributed by atoms with E-state index in [1.54, 1.807) is 0 Å². The molecule has 2 saturated heterocycles. The first-order valence-corrected chi connectivity index (χ1v) is 11.7. The highest BCUT2D eigenvalue weighted by Crippen LogP contribution is 2.17. The highest BCUT2D eigenvalue weighted by atomic mass is 16.5. The second-order valence-electron chi connectivity index (χ2n) is 8.62. The van der Waals surface area contributed by atoms with E-state index in [2.05, 4.69) is 54.9 Å². The number of piperazine rings is 1. The van der Waals surface area contributed by atoms with Gasteiger partial charge in [0.15, 0.2) is 5.96 Å². The molecule has 7 heteroatoms. The standard InChI is InChI=1S/C24H39N5O2/c1-5-25-24(26-7-6-22-20(3)16-19(2)17-21(22)4)29-10-8-27(9-11-29)18-23(30)28-12-14-31-15-13-28/h16-17H,5-15,18H2,1-4H3,(H,25,26). The topological polar surface area (TPSA) is 60.4 Å². The van der Waals surface area contributed by atoms with Crippen molar-refractivity contribution in [1.29, 1.82) is 0 Å². The largest absolute Gasteiger partial charge is 0.378 e. The van der Waals surface area contributed by atoms with E-state index in [0.717, 1.165) is 64.7 Å². The zero-order chi connectivity index (χ0) is 22.2. The normalized spacial score (nSPS) is 18.4. The number of amides is 1. The molecule has 1 aromatic rings. The first-order chi connectivity index (χ1) is 15.0. The summed E-state index contributed by atoms with van der Waals surface area (Å²) in [5.74, 6) is 1.21. The molecule has 0 radical (unpaired) electrons. The molecule has 31 heavy (non-hydrogen) atoms. The Morgan fingerprint density at radius 1 is 1.00 bits per heavy atom. The van der Waals surface area contributed by atoms with Gasteiger partial charge in [0.05, 0.1) is 19.8 Å². The molecular formula is C24H39N5O2. The summed E-state index contributed by atoms with van der Waals surface area (Å²) >= 11 is 0. The predicted molar refractivity (Wildman–Crippen MR) is 126 cm³/mol. The Labute approximate surface area is 187 Å². The molecule has 1 amide bonds. The lowest BCUT2D eigenvalue weighted by atomic mass is 9.97. The fourth-order valence-corrected chi connectivity index (χ4v) is 4.53. The summed E-state index contributed by atoms with van der Waals surface area (Å²) in [7, 11) is 0. The molecule has 1 aromatic carbocycles. The summed E-state index contributed by atoms with van der Waals surface area (Å²) < 4.78 is 5.35. The fourth-order valence-electron chi connectivity index (χ4n) is 4.53. The first kappa shape index (κ1) is 23.5. The predicted octanol–water partition coefficient (Wildman–Crippen LogP) is 1.60. The van der Waals surface area contributed by atoms with Gasteiger partial charge in [0, 0.05) is 52.4 Å². The molecule has 0 aromatic heterocycles. The van der Waals surface area contributed by atoms with Gasteiger partial charge in [-0.3, -0.25) is 14.7 Å². The van der Waals surface area contributed by atoms with Crippen LogP contribution in [0.5, 0.6) is 0 Å². The van der Waals surface area contributed by atoms with Crippen LogP contribution >= 0.6 is 0 Å². The van der Waals surface area contributed by atoms with Crippen LogP contribution in [0.15, 0.2) is 17.1 Å². The number of aryl methyl sites for hydroxylation is 3. The summed E-state index contributed by atoms with van der Waals surface area (Å²) in [6.07, 6.45) is 0.959. The first-order valence-electron chi connectivity index (χ1n) is 11.7. The molecule has 0 saturated carbocycles. The van der Waals surface area contributed by atoms with Crippen LogP contribution in [-0.2, 0) is 16.0 Å². The maximum Gasteiger partial charge on any atom is 0.236 e. The lowest BCUT2D eigenvalue weighted by Crippen LogP contribution is -2.55. The molecule has 2 aliphatic heterocycles. The van der Waals surface area contributed by atoms with Gasteiger partial charge >= 0.3 is 0 Å². The molecule has 3 rings (SSSR count). The number of guanidine groups is 1. The van der Waals surface area contributed by atoms with Gasteiger partial charge in [0.2, 0.25) is 5.91 Å². The Balaban J connectivity index is 1.51. The van der Waals surface area contributed by atoms with Crippen molar-refractivity contribution in [3.8, 4) is 0 Å². The number of aliphatic imine (C=N–C) groups is 1. The van der Waals surface area contributed by atoms with E-state index < -0.39 is 0 Å². The van der Waals surface area contributed by atoms with Gasteiger partial charge in [-0.15, -0.1) is 0 Å². The molecule has 0 spiro atoms. The molecule has 1 N–H and O–H groups in total. The van der Waals surface area contributed by atoms with Gasteiger partial charge in [-0.1, -0.05) is 17.7 Å². The highest BCUT2D eigenvalue weighted by Gasteiger charge is 2.24. The summed E-state index contributed by atoms with van der Waals surface area (Å²) in [6.45, 7) is 17.1. The molecule has 0 bridgehead atoms. The third-order valence-electron chi connectivity index (χ3n) is 6.19. The van der Waals surface area contributed by atoms with E-state index in [1.807, 2.05) is 4.90 Å². The van der Waals surface area contributed by atoms with Crippen LogP contribution in [0.4, 0.5) is 0 Å². The van der Waals surface area contributed by atoms with Crippen LogP contribution in [-0.4, -0.2) is 98.7 Å². The third kappa shape index (κ3) is 6.68. The Hall–Kier alpha value is -2.12. The van der Waals surface area contributed by atoms with Crippen LogP contribution in [0.1, 0.15) is 29.2 Å². The minimum Gasteiger partial charge on any atom is -0.378 e. The monoisotopic (exact) mass is 429 g/mol. The maximum atomic E-state index is 12.5. The number of carbonyl (C=O) groups is 1. The van der Waals surface area contributed by atoms with Gasteiger partial charge in [0.1, 0.15) is 0 Å². The van der Waals surface area contributed by atoms with Crippen molar-refractivity contribution in [1.82, 2.24) is 20.0 Å². The van der Waals surface area contributed by atoms with E-state index in [1.165, 1.54) is 22.3 Å². The van der Waals surface area contributed by atoms with Crippen molar-refractivity contribution < 1.29 is 9.53 Å². The molecule has 7 nitrogen and oxygen atoms in total. The molecule has 0 aliphatic carbocycles. The van der Waals surface area contributed by atoms with Crippen molar-refractivity contribution in [2.75, 3.05) is 72.1 Å². The third-order valence-corrected chi connectivity index (χ3v) is 6.19. The van der Waals surface area contributed by atoms with Crippen LogP contribution in [0.25, 0.3) is 0 Å². The van der Waals surface area contributed by atoms with Crippen LogP contribution in [0, 0.1) is 20.8 Å². The molecule has 2 aliphatic rings. The second kappa shape index (κ2) is 11.5. The van der Waals surface area contributed by atoms with Gasteiger partial charge in [-0.2, -0.15) is 0 Å². The van der Waals surface area contributed by atoms with Crippen LogP contribution < -0.4 is 5.32 Å². The van der Waals surface area contributed by atoms with Gasteiger partial charge in [0.25, 0.3) is 0 Å². The quantitative estimate of drug-likeness (QED) is 0.550. The lowest BCUT2D eigenvalue weighted by Gasteiger charge is -2.37. The van der Waals surface area contributed by atoms with Crippen molar-refractivity contribution in [3.63, 3.8) is 0 Å². The SMILES string of the molecule is CCNC(=NCCc1c(C)cc(C)cc1C)N1CCN(CC(=O)N2CCOCC2)CC1. The van der Waals surface area contributed by atoms with E-state index >= 15 is 0 Å². The molecule has 2 heterocycles. The zero-order valence-corrected chi connectivity index (χ0v) is 19.7. The van der Waals surface area contributed by atoms with Crippen molar-refractivity contribution >= 4 is 11.9 Å². The van der Waals surface area contributed by atoms with E-state index in [4.69, 9.17) is 9.73 Å². The minimum absolute atomic E-state index is 0.223. The fraction of sp³-hybridized carbons (Fsp3) is 0.667. The van der Waals surface area contributed by atoms with Crippen LogP contribution in [0.2, 0.25) is 0 Å². The van der Waals surface area contributed by atoms with Gasteiger partial charge < -0.3 is 19.9 Å². The summed E-state index contributed by atoms with van der Waals surface area (Å²) in [5, 5.41) is 3.45. The number of morpholine rings is 1. The molecule has 172 valence electrons. The van der Waals surface area contributed by atoms with Gasteiger partial charge in [-0.05, 0) is 50.8 Å². The summed E-state index contributed by atoms with van der Waals surface area (Å²) in [4.78, 5) is 24.0. The van der Waals surface area contributed by atoms with Crippen molar-refractivity contribution in [3.05, 3.63) is 34.4 Å². The maximum absolute atomic E-state index is 12.5. The summed E-state index contributed by atoms with van der Waals surface area (Å²) in [6, 6.07) is 4.52. The average molecular weight is 430 g/mol. The average Bonchev–Trinajstić information content (AvgIpc) is 2.76. The molecule has 0 unspecified atom stereocenters. The number of ether oxygens (including phenoxy) is 1. The number of benzene rings is 1.